The zero-order valence-corrected chi connectivity index (χ0v) is 6.76. The molecule has 0 spiro atoms. The van der Waals surface area contributed by atoms with Crippen LogP contribution in [0.4, 0.5) is 4.39 Å². The molecular formula is C8H8FN3O. The summed E-state index contributed by atoms with van der Waals surface area (Å²) in [5.74, 6) is -0.361. The smallest absolute Gasteiger partial charge is 0.123 e. The van der Waals surface area contributed by atoms with E-state index in [4.69, 9.17) is 5.53 Å². The van der Waals surface area contributed by atoms with Gasteiger partial charge in [-0.1, -0.05) is 17.2 Å². The molecule has 0 fully saturated rings. The predicted octanol–water partition coefficient (Wildman–Crippen LogP) is 2.17. The Hall–Kier alpha value is -1.58. The molecule has 0 aliphatic heterocycles. The molecule has 1 N–H and O–H groups in total. The van der Waals surface area contributed by atoms with Crippen LogP contribution >= 0.6 is 0 Å². The molecule has 4 nitrogen and oxygen atoms in total. The molecule has 13 heavy (non-hydrogen) atoms. The highest BCUT2D eigenvalue weighted by atomic mass is 19.1. The highest BCUT2D eigenvalue weighted by molar-refractivity contribution is 5.18. The van der Waals surface area contributed by atoms with Crippen molar-refractivity contribution < 1.29 is 9.50 Å². The van der Waals surface area contributed by atoms with Gasteiger partial charge in [0, 0.05) is 4.91 Å². The lowest BCUT2D eigenvalue weighted by Gasteiger charge is -2.06. The van der Waals surface area contributed by atoms with Crippen LogP contribution in [0.25, 0.3) is 10.4 Å². The molecule has 0 unspecified atom stereocenters. The van der Waals surface area contributed by atoms with Crippen molar-refractivity contribution >= 4 is 0 Å². The molecule has 1 aromatic carbocycles. The molecule has 68 valence electrons. The van der Waals surface area contributed by atoms with E-state index in [0.29, 0.717) is 5.56 Å². The number of nitrogens with zero attached hydrogens (tertiary/aromatic N) is 3. The first-order valence-corrected chi connectivity index (χ1v) is 3.68. The monoisotopic (exact) mass is 181 g/mol. The lowest BCUT2D eigenvalue weighted by molar-refractivity contribution is 0.186. The van der Waals surface area contributed by atoms with Crippen LogP contribution < -0.4 is 0 Å². The molecule has 5 heteroatoms. The zero-order valence-electron chi connectivity index (χ0n) is 6.76. The van der Waals surface area contributed by atoms with Crippen LogP contribution in [0.15, 0.2) is 29.4 Å². The summed E-state index contributed by atoms with van der Waals surface area (Å²) in [5.41, 5.74) is 8.53. The summed E-state index contributed by atoms with van der Waals surface area (Å²) < 4.78 is 12.4. The minimum atomic E-state index is -0.864. The summed E-state index contributed by atoms with van der Waals surface area (Å²) in [7, 11) is 0. The van der Waals surface area contributed by atoms with Crippen molar-refractivity contribution in [3.05, 3.63) is 46.1 Å². The van der Waals surface area contributed by atoms with E-state index in [2.05, 4.69) is 10.0 Å². The average molecular weight is 181 g/mol. The first-order chi connectivity index (χ1) is 6.24. The van der Waals surface area contributed by atoms with Gasteiger partial charge in [0.25, 0.3) is 0 Å². The highest BCUT2D eigenvalue weighted by Crippen LogP contribution is 2.13. The van der Waals surface area contributed by atoms with Crippen LogP contribution in [0.5, 0.6) is 0 Å². The molecule has 0 aromatic heterocycles. The molecule has 1 rings (SSSR count). The first kappa shape index (κ1) is 9.51. The van der Waals surface area contributed by atoms with Crippen molar-refractivity contribution in [2.45, 2.75) is 6.10 Å². The van der Waals surface area contributed by atoms with Gasteiger partial charge in [0.15, 0.2) is 0 Å². The quantitative estimate of drug-likeness (QED) is 0.433. The number of azide groups is 1. The summed E-state index contributed by atoms with van der Waals surface area (Å²) in [6.07, 6.45) is -0.864. The molecule has 0 saturated carbocycles. The summed E-state index contributed by atoms with van der Waals surface area (Å²) in [6.45, 7) is -0.0396. The average Bonchev–Trinajstić information content (AvgIpc) is 2.15. The van der Waals surface area contributed by atoms with Crippen molar-refractivity contribution in [1.82, 2.24) is 0 Å². The fourth-order valence-corrected chi connectivity index (χ4v) is 0.904. The second-order valence-corrected chi connectivity index (χ2v) is 2.48. The highest BCUT2D eigenvalue weighted by Gasteiger charge is 2.04. The van der Waals surface area contributed by atoms with Gasteiger partial charge in [-0.05, 0) is 23.2 Å². The fourth-order valence-electron chi connectivity index (χ4n) is 0.904. The molecule has 0 aliphatic rings. The number of hydrogen-bond donors (Lipinski definition) is 1. The molecule has 0 radical (unpaired) electrons. The second kappa shape index (κ2) is 4.45. The fraction of sp³-hybridized carbons (Fsp3) is 0.250. The lowest BCUT2D eigenvalue weighted by atomic mass is 10.1. The van der Waals surface area contributed by atoms with Crippen LogP contribution in [-0.2, 0) is 0 Å². The Kier molecular flexibility index (Phi) is 3.25. The van der Waals surface area contributed by atoms with Crippen LogP contribution in [0.3, 0.4) is 0 Å². The molecule has 0 aliphatic carbocycles. The zero-order chi connectivity index (χ0) is 9.68. The van der Waals surface area contributed by atoms with Crippen LogP contribution in [0, 0.1) is 5.82 Å². The normalized spacial score (nSPS) is 11.8. The third-order valence-corrected chi connectivity index (χ3v) is 1.57. The minimum absolute atomic E-state index is 0.0396. The van der Waals surface area contributed by atoms with E-state index in [0.717, 1.165) is 0 Å². The number of aliphatic hydroxyl groups is 1. The maximum absolute atomic E-state index is 12.4. The second-order valence-electron chi connectivity index (χ2n) is 2.48. The first-order valence-electron chi connectivity index (χ1n) is 3.68. The van der Waals surface area contributed by atoms with E-state index in [1.165, 1.54) is 24.3 Å². The number of benzene rings is 1. The number of hydrogen-bond acceptors (Lipinski definition) is 2. The maximum Gasteiger partial charge on any atom is 0.123 e. The van der Waals surface area contributed by atoms with Gasteiger partial charge in [0.05, 0.1) is 12.6 Å². The number of aliphatic hydroxyl groups excluding tert-OH is 1. The van der Waals surface area contributed by atoms with E-state index in [9.17, 15) is 9.50 Å². The Bertz CT molecular complexity index is 319. The SMILES string of the molecule is [N-]=[N+]=NC[C@@H](O)c1ccc(F)cc1. The molecule has 0 amide bonds. The molecule has 0 saturated heterocycles. The summed E-state index contributed by atoms with van der Waals surface area (Å²) >= 11 is 0. The van der Waals surface area contributed by atoms with Crippen molar-refractivity contribution in [3.63, 3.8) is 0 Å². The van der Waals surface area contributed by atoms with Crippen LogP contribution in [-0.4, -0.2) is 11.7 Å². The summed E-state index contributed by atoms with van der Waals surface area (Å²) in [5, 5.41) is 12.6. The van der Waals surface area contributed by atoms with Gasteiger partial charge in [-0.2, -0.15) is 0 Å². The molecule has 0 bridgehead atoms. The van der Waals surface area contributed by atoms with E-state index in [1.54, 1.807) is 0 Å². The van der Waals surface area contributed by atoms with Gasteiger partial charge in [-0.25, -0.2) is 4.39 Å². The number of rotatable bonds is 3. The van der Waals surface area contributed by atoms with Gasteiger partial charge in [0.2, 0.25) is 0 Å². The minimum Gasteiger partial charge on any atom is -0.388 e. The van der Waals surface area contributed by atoms with Gasteiger partial charge in [-0.15, -0.1) is 0 Å². The Morgan fingerprint density at radius 1 is 1.46 bits per heavy atom. The Labute approximate surface area is 74.3 Å². The van der Waals surface area contributed by atoms with Crippen molar-refractivity contribution in [3.8, 4) is 0 Å². The van der Waals surface area contributed by atoms with Crippen molar-refractivity contribution in [2.24, 2.45) is 5.11 Å². The van der Waals surface area contributed by atoms with Crippen LogP contribution in [0.2, 0.25) is 0 Å². The molecular weight excluding hydrogens is 173 g/mol. The van der Waals surface area contributed by atoms with Gasteiger partial charge in [0.1, 0.15) is 5.82 Å². The van der Waals surface area contributed by atoms with Gasteiger partial charge < -0.3 is 5.11 Å². The third-order valence-electron chi connectivity index (χ3n) is 1.57. The van der Waals surface area contributed by atoms with Gasteiger partial charge in [-0.3, -0.25) is 0 Å². The largest absolute Gasteiger partial charge is 0.388 e. The Morgan fingerprint density at radius 3 is 2.62 bits per heavy atom. The Morgan fingerprint density at radius 2 is 2.08 bits per heavy atom. The van der Waals surface area contributed by atoms with Crippen LogP contribution in [0.1, 0.15) is 11.7 Å². The molecule has 0 heterocycles. The van der Waals surface area contributed by atoms with E-state index in [1.807, 2.05) is 0 Å². The van der Waals surface area contributed by atoms with E-state index < -0.39 is 6.10 Å². The predicted molar refractivity (Wildman–Crippen MR) is 45.4 cm³/mol. The standard InChI is InChI=1S/C8H8FN3O/c9-7-3-1-6(2-4-7)8(13)5-11-12-10/h1-4,8,13H,5H2/t8-/m1/s1. The topological polar surface area (TPSA) is 69.0 Å². The van der Waals surface area contributed by atoms with E-state index >= 15 is 0 Å². The number of halogens is 1. The lowest BCUT2D eigenvalue weighted by Crippen LogP contribution is -2.00. The van der Waals surface area contributed by atoms with Crippen molar-refractivity contribution in [2.75, 3.05) is 6.54 Å². The maximum atomic E-state index is 12.4. The third kappa shape index (κ3) is 2.74. The summed E-state index contributed by atoms with van der Waals surface area (Å²) in [6, 6.07) is 5.39. The van der Waals surface area contributed by atoms with Gasteiger partial charge >= 0.3 is 0 Å². The van der Waals surface area contributed by atoms with Crippen molar-refractivity contribution in [1.29, 1.82) is 0 Å². The summed E-state index contributed by atoms with van der Waals surface area (Å²) in [4.78, 5) is 2.51. The Balaban J connectivity index is 2.71. The van der Waals surface area contributed by atoms with E-state index in [-0.39, 0.29) is 12.4 Å². The molecule has 1 aromatic rings. The molecule has 1 atom stereocenters.